The van der Waals surface area contributed by atoms with Crippen molar-refractivity contribution in [1.82, 2.24) is 0 Å². The van der Waals surface area contributed by atoms with E-state index in [0.29, 0.717) is 0 Å². The zero-order valence-electron chi connectivity index (χ0n) is 15.3. The predicted octanol–water partition coefficient (Wildman–Crippen LogP) is -3.85. The van der Waals surface area contributed by atoms with E-state index in [1.54, 1.807) is 0 Å². The molecule has 5 aliphatic rings. The summed E-state index contributed by atoms with van der Waals surface area (Å²) in [5, 5.41) is 0. The molecule has 4 atom stereocenters. The van der Waals surface area contributed by atoms with Crippen LogP contribution in [0.25, 0.3) is 0 Å². The first-order valence-corrected chi connectivity index (χ1v) is 9.50. The van der Waals surface area contributed by atoms with Gasteiger partial charge in [0.25, 0.3) is 0 Å². The number of morpholine rings is 1. The lowest BCUT2D eigenvalue weighted by atomic mass is 9.64. The summed E-state index contributed by atoms with van der Waals surface area (Å²) in [7, 11) is 4.97. The predicted molar refractivity (Wildman–Crippen MR) is 89.3 cm³/mol. The molecular formula is C19H34I2N2O. The van der Waals surface area contributed by atoms with Gasteiger partial charge in [0.15, 0.2) is 0 Å². The number of allylic oxidation sites excluding steroid dienone is 2. The number of likely N-dealkylation sites (tertiary alicyclic amines) is 1. The third-order valence-corrected chi connectivity index (χ3v) is 7.34. The quantitative estimate of drug-likeness (QED) is 0.195. The van der Waals surface area contributed by atoms with Crippen LogP contribution in [0.2, 0.25) is 0 Å². The Hall–Kier alpha value is 1.08. The average molecular weight is 560 g/mol. The summed E-state index contributed by atoms with van der Waals surface area (Å²) < 4.78 is 8.12. The molecule has 4 unspecified atom stereocenters. The van der Waals surface area contributed by atoms with Crippen LogP contribution in [0.4, 0.5) is 0 Å². The van der Waals surface area contributed by atoms with Gasteiger partial charge in [-0.25, -0.2) is 0 Å². The molecule has 0 aromatic rings. The number of ether oxygens (including phenoxy) is 1. The van der Waals surface area contributed by atoms with E-state index in [4.69, 9.17) is 4.74 Å². The minimum atomic E-state index is 0. The Morgan fingerprint density at radius 3 is 1.83 bits per heavy atom. The highest BCUT2D eigenvalue weighted by Gasteiger charge is 2.51. The van der Waals surface area contributed by atoms with E-state index < -0.39 is 0 Å². The highest BCUT2D eigenvalue weighted by molar-refractivity contribution is 5.10. The fourth-order valence-electron chi connectivity index (χ4n) is 5.87. The molecule has 5 heteroatoms. The Kier molecular flexibility index (Phi) is 7.48. The molecule has 0 N–H and O–H groups in total. The number of quaternary nitrogens is 2. The SMILES string of the molecule is C[N+]1(CCC[N+]2(C)CC3C4C=CC(CC4)C3C2)CCOCC1.[I-].[I-]. The van der Waals surface area contributed by atoms with Gasteiger partial charge in [-0.15, -0.1) is 0 Å². The molecule has 2 aliphatic heterocycles. The van der Waals surface area contributed by atoms with Crippen LogP contribution in [0, 0.1) is 23.7 Å². The lowest BCUT2D eigenvalue weighted by Crippen LogP contribution is -3.00. The Morgan fingerprint density at radius 2 is 1.33 bits per heavy atom. The van der Waals surface area contributed by atoms with Gasteiger partial charge in [-0.1, -0.05) is 12.2 Å². The molecule has 5 rings (SSSR count). The maximum atomic E-state index is 5.53. The van der Waals surface area contributed by atoms with E-state index in [-0.39, 0.29) is 48.0 Å². The maximum absolute atomic E-state index is 5.53. The van der Waals surface area contributed by atoms with Crippen molar-refractivity contribution in [3.63, 3.8) is 0 Å². The van der Waals surface area contributed by atoms with Crippen LogP contribution in [-0.4, -0.2) is 75.5 Å². The fourth-order valence-corrected chi connectivity index (χ4v) is 5.87. The second-order valence-electron chi connectivity index (χ2n) is 9.08. The van der Waals surface area contributed by atoms with Gasteiger partial charge in [-0.3, -0.25) is 0 Å². The van der Waals surface area contributed by atoms with E-state index in [2.05, 4.69) is 26.2 Å². The number of hydrogen-bond donors (Lipinski definition) is 0. The Balaban J connectivity index is 0.00000104. The Labute approximate surface area is 182 Å². The van der Waals surface area contributed by atoms with Gasteiger partial charge >= 0.3 is 0 Å². The second-order valence-corrected chi connectivity index (χ2v) is 9.08. The average Bonchev–Trinajstić information content (AvgIpc) is 2.88. The second kappa shape index (κ2) is 8.40. The van der Waals surface area contributed by atoms with Crippen molar-refractivity contribution >= 4 is 0 Å². The standard InChI is InChI=1S/C19H34N2O.2HI/c1-20(10-12-22-13-11-20)8-3-9-21(2)14-18-16-4-5-17(7-6-16)19(18)15-21;;/h4-5,16-19H,3,6-15H2,1-2H3;2*1H/q+2;;/p-2. The fraction of sp³-hybridized carbons (Fsp3) is 0.895. The van der Waals surface area contributed by atoms with Crippen LogP contribution in [0.5, 0.6) is 0 Å². The van der Waals surface area contributed by atoms with Gasteiger partial charge in [0.1, 0.15) is 13.1 Å². The van der Waals surface area contributed by atoms with Crippen LogP contribution >= 0.6 is 0 Å². The van der Waals surface area contributed by atoms with Crippen molar-refractivity contribution in [3.8, 4) is 0 Å². The molecule has 3 nitrogen and oxygen atoms in total. The van der Waals surface area contributed by atoms with Gasteiger partial charge in [-0.05, 0) is 24.7 Å². The zero-order chi connectivity index (χ0) is 15.2. The summed E-state index contributed by atoms with van der Waals surface area (Å²) in [6.07, 6.45) is 9.44. The molecular weight excluding hydrogens is 526 g/mol. The molecule has 2 bridgehead atoms. The van der Waals surface area contributed by atoms with Gasteiger partial charge in [0.05, 0.1) is 53.5 Å². The van der Waals surface area contributed by atoms with Crippen LogP contribution < -0.4 is 48.0 Å². The molecule has 3 aliphatic carbocycles. The molecule has 24 heavy (non-hydrogen) atoms. The van der Waals surface area contributed by atoms with Crippen LogP contribution in [0.15, 0.2) is 12.2 Å². The lowest BCUT2D eigenvalue weighted by molar-refractivity contribution is -0.928. The monoisotopic (exact) mass is 560 g/mol. The van der Waals surface area contributed by atoms with Crippen molar-refractivity contribution in [3.05, 3.63) is 12.2 Å². The third kappa shape index (κ3) is 4.31. The summed E-state index contributed by atoms with van der Waals surface area (Å²) in [5.74, 6) is 3.83. The molecule has 0 aromatic carbocycles. The van der Waals surface area contributed by atoms with Crippen molar-refractivity contribution < 1.29 is 61.7 Å². The molecule has 0 radical (unpaired) electrons. The molecule has 2 saturated heterocycles. The maximum Gasteiger partial charge on any atom is 0.102 e. The summed E-state index contributed by atoms with van der Waals surface area (Å²) in [4.78, 5) is 0. The van der Waals surface area contributed by atoms with Gasteiger partial charge < -0.3 is 61.7 Å². The van der Waals surface area contributed by atoms with Gasteiger partial charge in [0, 0.05) is 18.3 Å². The topological polar surface area (TPSA) is 9.23 Å². The highest BCUT2D eigenvalue weighted by atomic mass is 127. The summed E-state index contributed by atoms with van der Waals surface area (Å²) in [5.41, 5.74) is 0. The number of halogens is 2. The molecule has 140 valence electrons. The van der Waals surface area contributed by atoms with E-state index >= 15 is 0 Å². The number of likely N-dealkylation sites (N-methyl/N-ethyl adjacent to an activating group) is 1. The van der Waals surface area contributed by atoms with E-state index in [1.807, 2.05) is 0 Å². The van der Waals surface area contributed by atoms with E-state index in [0.717, 1.165) is 36.9 Å². The van der Waals surface area contributed by atoms with Crippen LogP contribution in [-0.2, 0) is 4.74 Å². The third-order valence-electron chi connectivity index (χ3n) is 7.34. The number of nitrogens with zero attached hydrogens (tertiary/aromatic N) is 2. The number of rotatable bonds is 4. The molecule has 2 heterocycles. The molecule has 0 spiro atoms. The zero-order valence-corrected chi connectivity index (χ0v) is 19.6. The first-order valence-electron chi connectivity index (χ1n) is 9.50. The molecule has 1 saturated carbocycles. The van der Waals surface area contributed by atoms with Crippen LogP contribution in [0.3, 0.4) is 0 Å². The largest absolute Gasteiger partial charge is 1.00 e. The van der Waals surface area contributed by atoms with Gasteiger partial charge in [-0.2, -0.15) is 0 Å². The van der Waals surface area contributed by atoms with Gasteiger partial charge in [0.2, 0.25) is 0 Å². The van der Waals surface area contributed by atoms with E-state index in [1.165, 1.54) is 67.5 Å². The Morgan fingerprint density at radius 1 is 0.833 bits per heavy atom. The number of hydrogen-bond acceptors (Lipinski definition) is 1. The summed E-state index contributed by atoms with van der Waals surface area (Å²) in [6.45, 7) is 9.97. The number of fused-ring (bicyclic) bond motifs is 1. The summed E-state index contributed by atoms with van der Waals surface area (Å²) >= 11 is 0. The normalized spacial score (nSPS) is 42.1. The molecule has 3 fully saturated rings. The van der Waals surface area contributed by atoms with Crippen molar-refractivity contribution in [2.75, 3.05) is 66.6 Å². The highest BCUT2D eigenvalue weighted by Crippen LogP contribution is 2.49. The molecule has 0 aromatic heterocycles. The first kappa shape index (κ1) is 21.4. The molecule has 0 amide bonds. The van der Waals surface area contributed by atoms with Crippen molar-refractivity contribution in [1.29, 1.82) is 0 Å². The Bertz CT molecular complexity index is 429. The minimum absolute atomic E-state index is 0. The summed E-state index contributed by atoms with van der Waals surface area (Å²) in [6, 6.07) is 0. The lowest BCUT2D eigenvalue weighted by Gasteiger charge is -2.38. The van der Waals surface area contributed by atoms with E-state index in [9.17, 15) is 0 Å². The van der Waals surface area contributed by atoms with Crippen molar-refractivity contribution in [2.24, 2.45) is 23.7 Å². The first-order chi connectivity index (χ1) is 10.6. The minimum Gasteiger partial charge on any atom is -1.00 e. The smallest absolute Gasteiger partial charge is 0.102 e. The van der Waals surface area contributed by atoms with Crippen molar-refractivity contribution in [2.45, 2.75) is 19.3 Å². The van der Waals surface area contributed by atoms with Crippen LogP contribution in [0.1, 0.15) is 19.3 Å².